The summed E-state index contributed by atoms with van der Waals surface area (Å²) in [6.07, 6.45) is 6.27. The largest absolute Gasteiger partial charge is 0.458 e. The van der Waals surface area contributed by atoms with Crippen LogP contribution in [0.2, 0.25) is 0 Å². The Morgan fingerprint density at radius 1 is 0.429 bits per heavy atom. The molecule has 5 aliphatic rings. The molecule has 0 aliphatic carbocycles. The van der Waals surface area contributed by atoms with Crippen LogP contribution in [0.25, 0.3) is 43.5 Å². The van der Waals surface area contributed by atoms with Crippen LogP contribution in [0.5, 0.6) is 23.0 Å². The number of benzene rings is 9. The van der Waals surface area contributed by atoms with E-state index in [0.717, 1.165) is 101 Å². The van der Waals surface area contributed by atoms with Gasteiger partial charge in [-0.2, -0.15) is 0 Å². The molecule has 0 atom stereocenters. The summed E-state index contributed by atoms with van der Waals surface area (Å²) in [5.74, 6) is 3.55. The third-order valence-electron chi connectivity index (χ3n) is 14.0. The van der Waals surface area contributed by atoms with Crippen LogP contribution in [0.15, 0.2) is 192 Å². The number of nitrogens with one attached hydrogen (secondary N) is 1. The number of anilines is 5. The van der Waals surface area contributed by atoms with Crippen molar-refractivity contribution in [3.05, 3.63) is 188 Å². The number of allylic oxidation sites excluding steroid dienone is 2. The molecule has 8 heteroatoms. The number of dihydropyridines is 1. The van der Waals surface area contributed by atoms with Crippen LogP contribution in [0.1, 0.15) is 0 Å². The topological polar surface area (TPSA) is 50.1 Å². The highest BCUT2D eigenvalue weighted by Crippen LogP contribution is 2.46. The Kier molecular flexibility index (Phi) is 6.54. The number of furan rings is 1. The fourth-order valence-corrected chi connectivity index (χ4v) is 11.5. The summed E-state index contributed by atoms with van der Waals surface area (Å²) in [6, 6.07) is 59.0. The van der Waals surface area contributed by atoms with Crippen molar-refractivity contribution in [2.75, 3.05) is 16.3 Å². The molecule has 5 aliphatic heterocycles. The van der Waals surface area contributed by atoms with Crippen LogP contribution in [0.3, 0.4) is 0 Å². The van der Waals surface area contributed by atoms with Crippen molar-refractivity contribution in [2.45, 2.75) is 0 Å². The Morgan fingerprint density at radius 2 is 0.921 bits per heavy atom. The molecule has 6 nitrogen and oxygen atoms in total. The molecule has 0 bridgehead atoms. The Hall–Kier alpha value is -8.09. The molecule has 10 aromatic rings. The van der Waals surface area contributed by atoms with Gasteiger partial charge in [0.15, 0.2) is 0 Å². The predicted molar refractivity (Wildman–Crippen MR) is 260 cm³/mol. The van der Waals surface area contributed by atoms with Crippen LogP contribution in [-0.4, -0.2) is 20.0 Å². The van der Waals surface area contributed by atoms with E-state index < -0.39 is 0 Å². The van der Waals surface area contributed by atoms with Gasteiger partial charge in [0.05, 0.1) is 6.54 Å². The van der Waals surface area contributed by atoms with Crippen molar-refractivity contribution < 1.29 is 13.9 Å². The molecule has 0 radical (unpaired) electrons. The number of hydrogen-bond acceptors (Lipinski definition) is 6. The van der Waals surface area contributed by atoms with Crippen molar-refractivity contribution in [3.63, 3.8) is 0 Å². The van der Waals surface area contributed by atoms with Gasteiger partial charge in [0.1, 0.15) is 34.2 Å². The molecule has 0 saturated carbocycles. The summed E-state index contributed by atoms with van der Waals surface area (Å²) in [5.41, 5.74) is 16.0. The minimum Gasteiger partial charge on any atom is -0.458 e. The molecule has 9 aromatic carbocycles. The van der Waals surface area contributed by atoms with Crippen LogP contribution in [0.4, 0.5) is 28.4 Å². The summed E-state index contributed by atoms with van der Waals surface area (Å²) < 4.78 is 21.1. The smallest absolute Gasteiger partial charge is 0.256 e. The number of rotatable bonds is 2. The molecule has 1 aromatic heterocycles. The number of nitrogens with zero attached hydrogens (tertiary/aromatic N) is 2. The van der Waals surface area contributed by atoms with E-state index in [2.05, 4.69) is 191 Å². The van der Waals surface area contributed by atoms with Gasteiger partial charge in [-0.1, -0.05) is 91.0 Å². The number of fused-ring (bicyclic) bond motifs is 17. The summed E-state index contributed by atoms with van der Waals surface area (Å²) in [4.78, 5) is 4.76. The van der Waals surface area contributed by atoms with Gasteiger partial charge >= 0.3 is 0 Å². The maximum Gasteiger partial charge on any atom is 0.256 e. The van der Waals surface area contributed by atoms with E-state index in [0.29, 0.717) is 0 Å². The van der Waals surface area contributed by atoms with Crippen LogP contribution in [-0.2, 0) is 0 Å². The van der Waals surface area contributed by atoms with E-state index in [9.17, 15) is 0 Å². The van der Waals surface area contributed by atoms with E-state index >= 15 is 0 Å². The Balaban J connectivity index is 0.893. The van der Waals surface area contributed by atoms with Gasteiger partial charge in [0.2, 0.25) is 0 Å². The van der Waals surface area contributed by atoms with Crippen LogP contribution < -0.4 is 57.4 Å². The maximum absolute atomic E-state index is 7.08. The van der Waals surface area contributed by atoms with Crippen molar-refractivity contribution >= 4 is 118 Å². The molecule has 63 heavy (non-hydrogen) atoms. The molecule has 0 saturated heterocycles. The molecule has 6 heterocycles. The highest BCUT2D eigenvalue weighted by molar-refractivity contribution is 7.00. The van der Waals surface area contributed by atoms with Gasteiger partial charge in [-0.25, -0.2) is 0 Å². The highest BCUT2D eigenvalue weighted by Gasteiger charge is 2.44. The molecule has 292 valence electrons. The van der Waals surface area contributed by atoms with Gasteiger partial charge in [-0.3, -0.25) is 0 Å². The second kappa shape index (κ2) is 12.3. The summed E-state index contributed by atoms with van der Waals surface area (Å²) in [6.45, 7) is 0.780. The number of hydrogen-bond donors (Lipinski definition) is 1. The normalized spacial score (nSPS) is 14.9. The molecule has 0 spiro atoms. The standard InChI is InChI=1S/C55H33B2N3O3/c1-2-11-32(12-3-1)59-44-16-6-4-14-40(44)56-42-28-26-36-38(54(42)61-48-20-8-18-46(59)50(48)56)24-22-34-35-23-25-39-37(53(35)63-52(34)36)27-29-43-55(39)62-49-21-9-19-47-51(49)57(43)41-15-5-7-17-45(41)60(47)33-13-10-30-58-31-33/h1-30,58H,31H2. The predicted octanol–water partition coefficient (Wildman–Crippen LogP) is 9.37. The quantitative estimate of drug-likeness (QED) is 0.176. The lowest BCUT2D eigenvalue weighted by Gasteiger charge is -2.41. The minimum absolute atomic E-state index is 0.0147. The SMILES string of the molecule is C1=CNCC(N2c3ccccc3B3c4ccc5c(ccc6c7ccc8c9c(ccc8c7oc56)B5c6ccccc6N(c6ccccc6)c6cccc(c65)O9)c4Oc4cccc2c43)=C1. The lowest BCUT2D eigenvalue weighted by atomic mass is 9.34. The van der Waals surface area contributed by atoms with E-state index in [1.54, 1.807) is 0 Å². The number of para-hydroxylation sites is 3. The highest BCUT2D eigenvalue weighted by atomic mass is 16.5. The van der Waals surface area contributed by atoms with E-state index in [1.165, 1.54) is 38.9 Å². The molecular formula is C55H33B2N3O3. The van der Waals surface area contributed by atoms with Gasteiger partial charge < -0.3 is 29.0 Å². The summed E-state index contributed by atoms with van der Waals surface area (Å²) in [7, 11) is 0. The first kappa shape index (κ1) is 33.6. The lowest BCUT2D eigenvalue weighted by molar-refractivity contribution is 0.493. The maximum atomic E-state index is 7.08. The van der Waals surface area contributed by atoms with Crippen molar-refractivity contribution in [2.24, 2.45) is 0 Å². The van der Waals surface area contributed by atoms with Gasteiger partial charge in [-0.15, -0.1) is 0 Å². The average Bonchev–Trinajstić information content (AvgIpc) is 3.74. The van der Waals surface area contributed by atoms with E-state index in [4.69, 9.17) is 13.9 Å². The first-order chi connectivity index (χ1) is 31.3. The summed E-state index contributed by atoms with van der Waals surface area (Å²) >= 11 is 0. The fraction of sp³-hybridized carbons (Fsp3) is 0.0182. The minimum atomic E-state index is 0.0147. The Bertz CT molecular complexity index is 3750. The van der Waals surface area contributed by atoms with Crippen molar-refractivity contribution in [1.29, 1.82) is 0 Å². The van der Waals surface area contributed by atoms with Crippen molar-refractivity contribution in [3.8, 4) is 23.0 Å². The van der Waals surface area contributed by atoms with Crippen LogP contribution in [0, 0.1) is 0 Å². The van der Waals surface area contributed by atoms with Crippen molar-refractivity contribution in [1.82, 2.24) is 5.32 Å². The zero-order valence-electron chi connectivity index (χ0n) is 33.8. The van der Waals surface area contributed by atoms with E-state index in [1.807, 2.05) is 6.20 Å². The molecule has 0 unspecified atom stereocenters. The molecular weight excluding hydrogens is 772 g/mol. The lowest BCUT2D eigenvalue weighted by Crippen LogP contribution is -2.60. The Morgan fingerprint density at radius 3 is 1.51 bits per heavy atom. The zero-order valence-corrected chi connectivity index (χ0v) is 33.8. The first-order valence-electron chi connectivity index (χ1n) is 21.7. The van der Waals surface area contributed by atoms with Gasteiger partial charge in [-0.05, 0) is 124 Å². The average molecular weight is 806 g/mol. The second-order valence-electron chi connectivity index (χ2n) is 17.1. The molecule has 1 N–H and O–H groups in total. The number of ether oxygens (including phenoxy) is 2. The third kappa shape index (κ3) is 4.39. The first-order valence-corrected chi connectivity index (χ1v) is 21.7. The fourth-order valence-electron chi connectivity index (χ4n) is 11.5. The molecule has 0 fully saturated rings. The molecule has 0 amide bonds. The van der Waals surface area contributed by atoms with E-state index in [-0.39, 0.29) is 13.4 Å². The monoisotopic (exact) mass is 805 g/mol. The third-order valence-corrected chi connectivity index (χ3v) is 14.0. The van der Waals surface area contributed by atoms with Crippen LogP contribution >= 0.6 is 0 Å². The van der Waals surface area contributed by atoms with Gasteiger partial charge in [0, 0.05) is 66.5 Å². The second-order valence-corrected chi connectivity index (χ2v) is 17.1. The molecule has 15 rings (SSSR count). The summed E-state index contributed by atoms with van der Waals surface area (Å²) in [5, 5.41) is 9.71. The van der Waals surface area contributed by atoms with Gasteiger partial charge in [0.25, 0.3) is 13.4 Å². The Labute approximate surface area is 363 Å². The zero-order chi connectivity index (χ0) is 40.9.